The van der Waals surface area contributed by atoms with Crippen molar-refractivity contribution in [2.45, 2.75) is 18.1 Å². The highest BCUT2D eigenvalue weighted by Gasteiger charge is 2.30. The number of aromatic nitrogens is 2. The van der Waals surface area contributed by atoms with Crippen molar-refractivity contribution in [1.82, 2.24) is 9.55 Å². The van der Waals surface area contributed by atoms with Crippen LogP contribution in [0.5, 0.6) is 5.75 Å². The van der Waals surface area contributed by atoms with E-state index in [1.54, 1.807) is 18.3 Å². The van der Waals surface area contributed by atoms with E-state index in [0.29, 0.717) is 6.54 Å². The molecule has 19 heavy (non-hydrogen) atoms. The molecule has 1 aromatic carbocycles. The first-order chi connectivity index (χ1) is 8.98. The van der Waals surface area contributed by atoms with Gasteiger partial charge in [0.15, 0.2) is 5.16 Å². The molecule has 0 aliphatic heterocycles. The van der Waals surface area contributed by atoms with E-state index in [2.05, 4.69) is 9.72 Å². The molecular weight excluding hydrogens is 277 g/mol. The summed E-state index contributed by atoms with van der Waals surface area (Å²) in [5.74, 6) is -0.216. The van der Waals surface area contributed by atoms with Crippen molar-refractivity contribution < 1.29 is 17.9 Å². The van der Waals surface area contributed by atoms with Gasteiger partial charge in [-0.25, -0.2) is 4.98 Å². The molecule has 0 radical (unpaired) electrons. The summed E-state index contributed by atoms with van der Waals surface area (Å²) >= 11 is 1.51. The molecule has 0 saturated carbocycles. The Labute approximate surface area is 112 Å². The lowest BCUT2D eigenvalue weighted by Crippen LogP contribution is -2.17. The molecule has 0 unspecified atom stereocenters. The maximum Gasteiger partial charge on any atom is 0.573 e. The molecule has 7 heteroatoms. The first kappa shape index (κ1) is 13.8. The predicted molar refractivity (Wildman–Crippen MR) is 66.2 cm³/mol. The lowest BCUT2D eigenvalue weighted by atomic mass is 10.2. The topological polar surface area (TPSA) is 27.1 Å². The van der Waals surface area contributed by atoms with Gasteiger partial charge in [-0.1, -0.05) is 23.9 Å². The summed E-state index contributed by atoms with van der Waals surface area (Å²) in [5, 5.41) is 0.857. The van der Waals surface area contributed by atoms with Gasteiger partial charge in [-0.3, -0.25) is 0 Å². The SMILES string of the molecule is CSc1nccn1Cc1ccc(OC(F)(F)F)cc1. The van der Waals surface area contributed by atoms with E-state index in [1.165, 1.54) is 23.9 Å². The number of hydrogen-bond donors (Lipinski definition) is 0. The van der Waals surface area contributed by atoms with Gasteiger partial charge in [0.05, 0.1) is 0 Å². The van der Waals surface area contributed by atoms with Gasteiger partial charge >= 0.3 is 6.36 Å². The van der Waals surface area contributed by atoms with E-state index in [-0.39, 0.29) is 5.75 Å². The number of halogens is 3. The first-order valence-corrected chi connectivity index (χ1v) is 6.60. The molecule has 2 aromatic rings. The molecular formula is C12H11F3N2OS. The Bertz CT molecular complexity index is 537. The molecule has 0 amide bonds. The van der Waals surface area contributed by atoms with Crippen LogP contribution in [0.3, 0.4) is 0 Å². The zero-order valence-corrected chi connectivity index (χ0v) is 10.8. The molecule has 1 heterocycles. The molecule has 0 fully saturated rings. The largest absolute Gasteiger partial charge is 0.573 e. The fourth-order valence-corrected chi connectivity index (χ4v) is 2.13. The van der Waals surface area contributed by atoms with Crippen LogP contribution >= 0.6 is 11.8 Å². The Morgan fingerprint density at radius 2 is 1.95 bits per heavy atom. The van der Waals surface area contributed by atoms with Gasteiger partial charge < -0.3 is 9.30 Å². The zero-order valence-electron chi connectivity index (χ0n) is 10.0. The highest BCUT2D eigenvalue weighted by molar-refractivity contribution is 7.98. The van der Waals surface area contributed by atoms with Crippen molar-refractivity contribution in [2.24, 2.45) is 0 Å². The second-order valence-electron chi connectivity index (χ2n) is 3.73. The number of nitrogens with zero attached hydrogens (tertiary/aromatic N) is 2. The standard InChI is InChI=1S/C12H11F3N2OS/c1-19-11-16-6-7-17(11)8-9-2-4-10(5-3-9)18-12(13,14)15/h2-7H,8H2,1H3. The van der Waals surface area contributed by atoms with Gasteiger partial charge in [0.25, 0.3) is 0 Å². The normalized spacial score (nSPS) is 11.6. The second-order valence-corrected chi connectivity index (χ2v) is 4.51. The van der Waals surface area contributed by atoms with Crippen LogP contribution in [0.25, 0.3) is 0 Å². The van der Waals surface area contributed by atoms with Crippen molar-refractivity contribution in [1.29, 1.82) is 0 Å². The molecule has 0 N–H and O–H groups in total. The Morgan fingerprint density at radius 1 is 1.26 bits per heavy atom. The third kappa shape index (κ3) is 3.92. The zero-order chi connectivity index (χ0) is 13.9. The van der Waals surface area contributed by atoms with Gasteiger partial charge in [-0.2, -0.15) is 0 Å². The summed E-state index contributed by atoms with van der Waals surface area (Å²) in [6.07, 6.45) is 0.774. The molecule has 0 bridgehead atoms. The van der Waals surface area contributed by atoms with Gasteiger partial charge in [0, 0.05) is 18.9 Å². The summed E-state index contributed by atoms with van der Waals surface area (Å²) in [6, 6.07) is 5.81. The van der Waals surface area contributed by atoms with Gasteiger partial charge in [0.2, 0.25) is 0 Å². The Morgan fingerprint density at radius 3 is 2.53 bits per heavy atom. The van der Waals surface area contributed by atoms with Crippen LogP contribution < -0.4 is 4.74 Å². The minimum atomic E-state index is -4.65. The van der Waals surface area contributed by atoms with Gasteiger partial charge in [0.1, 0.15) is 5.75 Å². The Hall–Kier alpha value is -1.63. The highest BCUT2D eigenvalue weighted by atomic mass is 32.2. The van der Waals surface area contributed by atoms with Gasteiger partial charge in [-0.15, -0.1) is 13.2 Å². The molecule has 0 atom stereocenters. The molecule has 0 spiro atoms. The number of alkyl halides is 3. The average Bonchev–Trinajstić information content (AvgIpc) is 2.77. The molecule has 2 rings (SSSR count). The van der Waals surface area contributed by atoms with Crippen LogP contribution in [0.1, 0.15) is 5.56 Å². The fourth-order valence-electron chi connectivity index (χ4n) is 1.60. The third-order valence-corrected chi connectivity index (χ3v) is 3.07. The number of ether oxygens (including phenoxy) is 1. The van der Waals surface area contributed by atoms with Crippen molar-refractivity contribution in [3.05, 3.63) is 42.2 Å². The predicted octanol–water partition coefficient (Wildman–Crippen LogP) is 3.55. The second kappa shape index (κ2) is 5.56. The molecule has 0 aliphatic rings. The summed E-state index contributed by atoms with van der Waals surface area (Å²) < 4.78 is 41.8. The van der Waals surface area contributed by atoms with Crippen LogP contribution in [0.2, 0.25) is 0 Å². The van der Waals surface area contributed by atoms with E-state index in [1.807, 2.05) is 17.0 Å². The summed E-state index contributed by atoms with van der Waals surface area (Å²) in [5.41, 5.74) is 0.878. The van der Waals surface area contributed by atoms with Crippen molar-refractivity contribution in [3.63, 3.8) is 0 Å². The van der Waals surface area contributed by atoms with E-state index < -0.39 is 6.36 Å². The first-order valence-electron chi connectivity index (χ1n) is 5.38. The van der Waals surface area contributed by atoms with Crippen LogP contribution in [0.15, 0.2) is 41.8 Å². The lowest BCUT2D eigenvalue weighted by molar-refractivity contribution is -0.274. The van der Waals surface area contributed by atoms with Crippen molar-refractivity contribution >= 4 is 11.8 Å². The molecule has 0 aliphatic carbocycles. The van der Waals surface area contributed by atoms with Crippen LogP contribution in [-0.2, 0) is 6.54 Å². The monoisotopic (exact) mass is 288 g/mol. The number of hydrogen-bond acceptors (Lipinski definition) is 3. The summed E-state index contributed by atoms with van der Waals surface area (Å²) in [7, 11) is 0. The minimum Gasteiger partial charge on any atom is -0.406 e. The van der Waals surface area contributed by atoms with E-state index in [9.17, 15) is 13.2 Å². The number of rotatable bonds is 4. The fraction of sp³-hybridized carbons (Fsp3) is 0.250. The Balaban J connectivity index is 2.07. The van der Waals surface area contributed by atoms with E-state index >= 15 is 0 Å². The molecule has 0 saturated heterocycles. The third-order valence-electron chi connectivity index (χ3n) is 2.37. The van der Waals surface area contributed by atoms with Crippen LogP contribution in [0, 0.1) is 0 Å². The van der Waals surface area contributed by atoms with Crippen molar-refractivity contribution in [3.8, 4) is 5.75 Å². The smallest absolute Gasteiger partial charge is 0.406 e. The maximum atomic E-state index is 12.0. The summed E-state index contributed by atoms with van der Waals surface area (Å²) in [4.78, 5) is 4.15. The number of thioether (sulfide) groups is 1. The van der Waals surface area contributed by atoms with E-state index in [0.717, 1.165) is 10.7 Å². The molecule has 102 valence electrons. The highest BCUT2D eigenvalue weighted by Crippen LogP contribution is 2.23. The molecule has 3 nitrogen and oxygen atoms in total. The maximum absolute atomic E-state index is 12.0. The van der Waals surface area contributed by atoms with E-state index in [4.69, 9.17) is 0 Å². The number of benzene rings is 1. The Kier molecular flexibility index (Phi) is 4.04. The van der Waals surface area contributed by atoms with Crippen molar-refractivity contribution in [2.75, 3.05) is 6.26 Å². The lowest BCUT2D eigenvalue weighted by Gasteiger charge is -2.10. The number of imidazole rings is 1. The molecule has 1 aromatic heterocycles. The minimum absolute atomic E-state index is 0.216. The van der Waals surface area contributed by atoms with Crippen LogP contribution in [0.4, 0.5) is 13.2 Å². The average molecular weight is 288 g/mol. The summed E-state index contributed by atoms with van der Waals surface area (Å²) in [6.45, 7) is 0.558. The van der Waals surface area contributed by atoms with Crippen LogP contribution in [-0.4, -0.2) is 22.2 Å². The van der Waals surface area contributed by atoms with Gasteiger partial charge in [-0.05, 0) is 24.0 Å². The quantitative estimate of drug-likeness (QED) is 0.805.